The Morgan fingerprint density at radius 3 is 3.06 bits per heavy atom. The summed E-state index contributed by atoms with van der Waals surface area (Å²) < 4.78 is 5.20. The van der Waals surface area contributed by atoms with Crippen LogP contribution in [0.3, 0.4) is 0 Å². The molecule has 0 saturated heterocycles. The first-order valence-electron chi connectivity index (χ1n) is 5.64. The molecule has 0 aliphatic rings. The molecule has 1 heterocycles. The van der Waals surface area contributed by atoms with Crippen LogP contribution in [0.4, 0.5) is 5.69 Å². The molecule has 0 unspecified atom stereocenters. The first-order chi connectivity index (χ1) is 8.79. The summed E-state index contributed by atoms with van der Waals surface area (Å²) in [5.41, 5.74) is 1.62. The highest BCUT2D eigenvalue weighted by Crippen LogP contribution is 2.22. The number of nitrogens with one attached hydrogen (secondary N) is 1. The molecule has 5 heteroatoms. The van der Waals surface area contributed by atoms with Crippen LogP contribution >= 0.6 is 11.6 Å². The standard InChI is InChI=1S/C13H13ClN2O2/c14-6-2-5-13(17)16-11-4-1-3-10(7-11)12-8-15-9-18-12/h1,3-4,7-9H,2,5-6H2,(H,16,17). The van der Waals surface area contributed by atoms with Gasteiger partial charge in [0.25, 0.3) is 0 Å². The van der Waals surface area contributed by atoms with Gasteiger partial charge in [0.05, 0.1) is 6.20 Å². The number of hydrogen-bond donors (Lipinski definition) is 1. The lowest BCUT2D eigenvalue weighted by molar-refractivity contribution is -0.116. The van der Waals surface area contributed by atoms with Crippen molar-refractivity contribution in [3.8, 4) is 11.3 Å². The predicted molar refractivity (Wildman–Crippen MR) is 70.5 cm³/mol. The molecule has 1 aromatic heterocycles. The maximum atomic E-state index is 11.6. The van der Waals surface area contributed by atoms with E-state index in [2.05, 4.69) is 10.3 Å². The fraction of sp³-hybridized carbons (Fsp3) is 0.231. The first kappa shape index (κ1) is 12.6. The van der Waals surface area contributed by atoms with E-state index in [0.717, 1.165) is 11.3 Å². The van der Waals surface area contributed by atoms with Crippen LogP contribution in [0.1, 0.15) is 12.8 Å². The smallest absolute Gasteiger partial charge is 0.224 e. The zero-order chi connectivity index (χ0) is 12.8. The quantitative estimate of drug-likeness (QED) is 0.843. The van der Waals surface area contributed by atoms with E-state index in [9.17, 15) is 4.79 Å². The van der Waals surface area contributed by atoms with Crippen LogP contribution in [0.15, 0.2) is 41.3 Å². The van der Waals surface area contributed by atoms with Gasteiger partial charge >= 0.3 is 0 Å². The van der Waals surface area contributed by atoms with Gasteiger partial charge in [0.2, 0.25) is 5.91 Å². The molecule has 0 saturated carbocycles. The Hall–Kier alpha value is -1.81. The van der Waals surface area contributed by atoms with Gasteiger partial charge in [0.15, 0.2) is 12.2 Å². The zero-order valence-corrected chi connectivity index (χ0v) is 10.5. The molecule has 0 bridgehead atoms. The van der Waals surface area contributed by atoms with Gasteiger partial charge in [0.1, 0.15) is 0 Å². The van der Waals surface area contributed by atoms with E-state index >= 15 is 0 Å². The minimum Gasteiger partial charge on any atom is -0.444 e. The van der Waals surface area contributed by atoms with Crippen LogP contribution in [0.5, 0.6) is 0 Å². The molecule has 0 atom stereocenters. The second-order valence-corrected chi connectivity index (χ2v) is 4.17. The highest BCUT2D eigenvalue weighted by molar-refractivity contribution is 6.18. The molecule has 0 aliphatic carbocycles. The van der Waals surface area contributed by atoms with E-state index in [1.54, 1.807) is 6.20 Å². The average molecular weight is 265 g/mol. The Morgan fingerprint density at radius 1 is 1.44 bits per heavy atom. The zero-order valence-electron chi connectivity index (χ0n) is 9.73. The third-order valence-electron chi connectivity index (χ3n) is 2.40. The molecular formula is C13H13ClN2O2. The lowest BCUT2D eigenvalue weighted by Crippen LogP contribution is -2.11. The minimum atomic E-state index is -0.0367. The molecule has 0 fully saturated rings. The summed E-state index contributed by atoms with van der Waals surface area (Å²) in [6.45, 7) is 0. The van der Waals surface area contributed by atoms with E-state index in [1.807, 2.05) is 24.3 Å². The maximum Gasteiger partial charge on any atom is 0.224 e. The number of halogens is 1. The summed E-state index contributed by atoms with van der Waals surface area (Å²) in [6.07, 6.45) is 4.11. The number of oxazole rings is 1. The number of carbonyl (C=O) groups excluding carboxylic acids is 1. The summed E-state index contributed by atoms with van der Waals surface area (Å²) >= 11 is 5.54. The average Bonchev–Trinajstić information content (AvgIpc) is 2.90. The van der Waals surface area contributed by atoms with E-state index in [1.165, 1.54) is 6.39 Å². The molecule has 2 rings (SSSR count). The molecule has 0 aliphatic heterocycles. The molecule has 1 aromatic carbocycles. The monoisotopic (exact) mass is 264 g/mol. The van der Waals surface area contributed by atoms with Crippen molar-refractivity contribution in [3.05, 3.63) is 36.9 Å². The second kappa shape index (κ2) is 6.21. The summed E-state index contributed by atoms with van der Waals surface area (Å²) in [6, 6.07) is 7.43. The van der Waals surface area contributed by atoms with Gasteiger partial charge in [-0.15, -0.1) is 11.6 Å². The van der Waals surface area contributed by atoms with Crippen molar-refractivity contribution in [2.45, 2.75) is 12.8 Å². The number of aromatic nitrogens is 1. The molecule has 1 N–H and O–H groups in total. The van der Waals surface area contributed by atoms with Gasteiger partial charge in [-0.2, -0.15) is 0 Å². The molecular weight excluding hydrogens is 252 g/mol. The molecule has 18 heavy (non-hydrogen) atoms. The van der Waals surface area contributed by atoms with Crippen molar-refractivity contribution in [2.75, 3.05) is 11.2 Å². The van der Waals surface area contributed by atoms with Crippen molar-refractivity contribution in [2.24, 2.45) is 0 Å². The number of anilines is 1. The van der Waals surface area contributed by atoms with Gasteiger partial charge in [-0.1, -0.05) is 12.1 Å². The van der Waals surface area contributed by atoms with E-state index < -0.39 is 0 Å². The summed E-state index contributed by atoms with van der Waals surface area (Å²) in [4.78, 5) is 15.4. The highest BCUT2D eigenvalue weighted by Gasteiger charge is 2.05. The SMILES string of the molecule is O=C(CCCCl)Nc1cccc(-c2cnco2)c1. The third-order valence-corrected chi connectivity index (χ3v) is 2.67. The Morgan fingerprint density at radius 2 is 2.33 bits per heavy atom. The third kappa shape index (κ3) is 3.34. The van der Waals surface area contributed by atoms with Crippen LogP contribution in [0, 0.1) is 0 Å². The van der Waals surface area contributed by atoms with Crippen molar-refractivity contribution in [3.63, 3.8) is 0 Å². The Kier molecular flexibility index (Phi) is 4.36. The number of alkyl halides is 1. The Bertz CT molecular complexity index is 511. The van der Waals surface area contributed by atoms with Gasteiger partial charge < -0.3 is 9.73 Å². The van der Waals surface area contributed by atoms with Crippen LogP contribution < -0.4 is 5.32 Å². The number of hydrogen-bond acceptors (Lipinski definition) is 3. The van der Waals surface area contributed by atoms with Crippen molar-refractivity contribution in [1.82, 2.24) is 4.98 Å². The molecule has 0 spiro atoms. The lowest BCUT2D eigenvalue weighted by atomic mass is 10.1. The number of carbonyl (C=O) groups is 1. The van der Waals surface area contributed by atoms with Crippen LogP contribution in [-0.4, -0.2) is 16.8 Å². The molecule has 4 nitrogen and oxygen atoms in total. The summed E-state index contributed by atoms with van der Waals surface area (Å²) in [5.74, 6) is 1.13. The van der Waals surface area contributed by atoms with Crippen LogP contribution in [-0.2, 0) is 4.79 Å². The second-order valence-electron chi connectivity index (χ2n) is 3.79. The van der Waals surface area contributed by atoms with Crippen molar-refractivity contribution < 1.29 is 9.21 Å². The fourth-order valence-corrected chi connectivity index (χ4v) is 1.69. The summed E-state index contributed by atoms with van der Waals surface area (Å²) in [7, 11) is 0. The molecule has 94 valence electrons. The van der Waals surface area contributed by atoms with E-state index in [4.69, 9.17) is 16.0 Å². The number of amides is 1. The van der Waals surface area contributed by atoms with Gasteiger partial charge in [-0.05, 0) is 18.6 Å². The van der Waals surface area contributed by atoms with Gasteiger partial charge in [-0.3, -0.25) is 4.79 Å². The van der Waals surface area contributed by atoms with Crippen LogP contribution in [0.25, 0.3) is 11.3 Å². The van der Waals surface area contributed by atoms with E-state index in [-0.39, 0.29) is 5.91 Å². The number of rotatable bonds is 5. The highest BCUT2D eigenvalue weighted by atomic mass is 35.5. The minimum absolute atomic E-state index is 0.0367. The van der Waals surface area contributed by atoms with Gasteiger partial charge in [0, 0.05) is 23.6 Å². The number of benzene rings is 1. The lowest BCUT2D eigenvalue weighted by Gasteiger charge is -2.05. The topological polar surface area (TPSA) is 55.1 Å². The summed E-state index contributed by atoms with van der Waals surface area (Å²) in [5, 5.41) is 2.82. The van der Waals surface area contributed by atoms with Crippen LogP contribution in [0.2, 0.25) is 0 Å². The van der Waals surface area contributed by atoms with E-state index in [0.29, 0.717) is 24.5 Å². The first-order valence-corrected chi connectivity index (χ1v) is 6.18. The molecule has 2 aromatic rings. The van der Waals surface area contributed by atoms with Gasteiger partial charge in [-0.25, -0.2) is 4.98 Å². The fourth-order valence-electron chi connectivity index (χ4n) is 1.56. The predicted octanol–water partition coefficient (Wildman–Crippen LogP) is 3.30. The van der Waals surface area contributed by atoms with Crippen molar-refractivity contribution >= 4 is 23.2 Å². The normalized spacial score (nSPS) is 10.3. The molecule has 1 amide bonds. The Balaban J connectivity index is 2.06. The number of nitrogens with zero attached hydrogens (tertiary/aromatic N) is 1. The molecule has 0 radical (unpaired) electrons. The van der Waals surface area contributed by atoms with Crippen molar-refractivity contribution in [1.29, 1.82) is 0 Å². The largest absolute Gasteiger partial charge is 0.444 e. The maximum absolute atomic E-state index is 11.6. The Labute approximate surface area is 110 Å².